The van der Waals surface area contributed by atoms with Crippen LogP contribution in [0.4, 0.5) is 4.79 Å². The number of hydrogen-bond donors (Lipinski definition) is 1. The molecule has 1 spiro atoms. The Morgan fingerprint density at radius 3 is 2.63 bits per heavy atom. The van der Waals surface area contributed by atoms with Crippen LogP contribution in [0.15, 0.2) is 24.3 Å². The third kappa shape index (κ3) is 4.67. The molecule has 7 rings (SSSR count). The number of alkyl carbamates (subject to hydrolysis) is 1. The van der Waals surface area contributed by atoms with Crippen LogP contribution in [-0.4, -0.2) is 30.7 Å². The highest BCUT2D eigenvalue weighted by molar-refractivity contribution is 6.30. The van der Waals surface area contributed by atoms with E-state index in [4.69, 9.17) is 25.8 Å². The second kappa shape index (κ2) is 10.4. The van der Waals surface area contributed by atoms with Gasteiger partial charge in [-0.05, 0) is 122 Å². The predicted octanol–water partition coefficient (Wildman–Crippen LogP) is 8.38. The summed E-state index contributed by atoms with van der Waals surface area (Å²) >= 11 is 6.09. The first kappa shape index (κ1) is 28.5. The van der Waals surface area contributed by atoms with Crippen molar-refractivity contribution in [3.8, 4) is 0 Å². The van der Waals surface area contributed by atoms with Gasteiger partial charge in [-0.1, -0.05) is 51.4 Å². The summed E-state index contributed by atoms with van der Waals surface area (Å²) in [6, 6.07) is 7.61. The van der Waals surface area contributed by atoms with Gasteiger partial charge in [0.25, 0.3) is 0 Å². The van der Waals surface area contributed by atoms with Crippen LogP contribution in [0, 0.1) is 52.3 Å². The number of carbonyl (C=O) groups is 1. The van der Waals surface area contributed by atoms with E-state index < -0.39 is 0 Å². The molecule has 4 saturated carbocycles. The molecular formula is C35H50ClNO4. The number of rotatable bonds is 3. The second-order valence-electron chi connectivity index (χ2n) is 15.5. The molecule has 6 fully saturated rings. The zero-order valence-electron chi connectivity index (χ0n) is 25.5. The number of hydrogen-bond acceptors (Lipinski definition) is 4. The van der Waals surface area contributed by atoms with Crippen LogP contribution >= 0.6 is 11.6 Å². The van der Waals surface area contributed by atoms with Crippen molar-refractivity contribution in [2.75, 3.05) is 6.61 Å². The Morgan fingerprint density at radius 2 is 1.85 bits per heavy atom. The summed E-state index contributed by atoms with van der Waals surface area (Å²) in [4.78, 5) is 12.7. The molecule has 6 aliphatic rings. The van der Waals surface area contributed by atoms with Crippen molar-refractivity contribution in [1.82, 2.24) is 5.32 Å². The van der Waals surface area contributed by atoms with Crippen molar-refractivity contribution in [1.29, 1.82) is 0 Å². The Labute approximate surface area is 251 Å². The molecule has 2 saturated heterocycles. The highest BCUT2D eigenvalue weighted by Gasteiger charge is 2.69. The lowest BCUT2D eigenvalue weighted by atomic mass is 9.44. The Hall–Kier alpha value is -1.30. The maximum atomic E-state index is 12.7. The van der Waals surface area contributed by atoms with Crippen molar-refractivity contribution in [2.24, 2.45) is 52.3 Å². The third-order valence-corrected chi connectivity index (χ3v) is 13.7. The summed E-state index contributed by atoms with van der Waals surface area (Å²) in [6.07, 6.45) is 12.0. The molecule has 0 bridgehead atoms. The van der Waals surface area contributed by atoms with Gasteiger partial charge >= 0.3 is 6.09 Å². The van der Waals surface area contributed by atoms with Gasteiger partial charge in [0.05, 0.1) is 12.7 Å². The molecule has 12 atom stereocenters. The average molecular weight is 584 g/mol. The average Bonchev–Trinajstić information content (AvgIpc) is 3.39. The minimum absolute atomic E-state index is 0.0207. The SMILES string of the molecule is C[C@H]1CC[C@@]2(OC1)O[C@H]1C[C@H]3[C@@H]4CC[C@@H]5C[C@@H](OC(=O)NCc6cccc(Cl)c6)CC[C@]5(C)[C@H]4CC[C@]3(C)[C@H]1[C@@H]2C. The first-order valence-corrected chi connectivity index (χ1v) is 17.0. The summed E-state index contributed by atoms with van der Waals surface area (Å²) < 4.78 is 19.5. The number of ether oxygens (including phenoxy) is 3. The molecule has 41 heavy (non-hydrogen) atoms. The Morgan fingerprint density at radius 1 is 1.02 bits per heavy atom. The van der Waals surface area contributed by atoms with E-state index in [2.05, 4.69) is 33.0 Å². The maximum Gasteiger partial charge on any atom is 0.407 e. The molecule has 1 aromatic rings. The summed E-state index contributed by atoms with van der Waals surface area (Å²) in [7, 11) is 0. The largest absolute Gasteiger partial charge is 0.446 e. The molecular weight excluding hydrogens is 534 g/mol. The monoisotopic (exact) mass is 583 g/mol. The smallest absolute Gasteiger partial charge is 0.407 e. The molecule has 5 nitrogen and oxygen atoms in total. The molecule has 226 valence electrons. The highest BCUT2D eigenvalue weighted by Crippen LogP contribution is 2.71. The molecule has 1 N–H and O–H groups in total. The van der Waals surface area contributed by atoms with Crippen LogP contribution < -0.4 is 5.32 Å². The van der Waals surface area contributed by atoms with Crippen LogP contribution in [0.25, 0.3) is 0 Å². The van der Waals surface area contributed by atoms with Gasteiger partial charge < -0.3 is 19.5 Å². The van der Waals surface area contributed by atoms with Crippen molar-refractivity contribution >= 4 is 17.7 Å². The Kier molecular flexibility index (Phi) is 7.23. The van der Waals surface area contributed by atoms with Crippen molar-refractivity contribution in [3.05, 3.63) is 34.9 Å². The van der Waals surface area contributed by atoms with Crippen molar-refractivity contribution < 1.29 is 19.0 Å². The van der Waals surface area contributed by atoms with E-state index in [-0.39, 0.29) is 18.0 Å². The fraction of sp³-hybridized carbons (Fsp3) is 0.800. The van der Waals surface area contributed by atoms with Crippen LogP contribution in [0.2, 0.25) is 5.02 Å². The standard InChI is InChI=1S/C35H50ClNO4/c1-21-10-15-35(39-20-21)22(2)31-30(41-35)18-29-27-9-8-24-17-26(11-13-33(24,3)28(27)12-14-34(29,31)4)40-32(38)37-19-23-6-5-7-25(36)16-23/h5-7,16,21-22,24,26-31H,8-15,17-20H2,1-4H3,(H,37,38)/t21-,22-,24+,26-,27+,28-,29-,30-,31-,33-,34-,35+/m0/s1. The quantitative estimate of drug-likeness (QED) is 0.388. The number of benzene rings is 1. The molecule has 2 heterocycles. The fourth-order valence-electron chi connectivity index (χ4n) is 11.4. The minimum Gasteiger partial charge on any atom is -0.446 e. The fourth-order valence-corrected chi connectivity index (χ4v) is 11.6. The van der Waals surface area contributed by atoms with Gasteiger partial charge in [-0.25, -0.2) is 4.79 Å². The lowest BCUT2D eigenvalue weighted by molar-refractivity contribution is -0.273. The Bertz CT molecular complexity index is 1150. The van der Waals surface area contributed by atoms with E-state index in [1.165, 1.54) is 44.9 Å². The predicted molar refractivity (Wildman–Crippen MR) is 160 cm³/mol. The molecule has 1 aromatic carbocycles. The topological polar surface area (TPSA) is 56.8 Å². The van der Waals surface area contributed by atoms with Crippen LogP contribution in [-0.2, 0) is 20.8 Å². The molecule has 0 aromatic heterocycles. The van der Waals surface area contributed by atoms with E-state index in [0.717, 1.165) is 49.2 Å². The van der Waals surface area contributed by atoms with E-state index in [0.29, 0.717) is 52.2 Å². The normalized spacial score (nSPS) is 48.6. The van der Waals surface area contributed by atoms with E-state index >= 15 is 0 Å². The van der Waals surface area contributed by atoms with Crippen LogP contribution in [0.3, 0.4) is 0 Å². The van der Waals surface area contributed by atoms with Gasteiger partial charge in [-0.15, -0.1) is 0 Å². The maximum absolute atomic E-state index is 12.7. The molecule has 1 amide bonds. The molecule has 2 aliphatic heterocycles. The first-order chi connectivity index (χ1) is 19.6. The van der Waals surface area contributed by atoms with Gasteiger partial charge in [0.1, 0.15) is 6.10 Å². The van der Waals surface area contributed by atoms with E-state index in [1.807, 2.05) is 24.3 Å². The second-order valence-corrected chi connectivity index (χ2v) is 15.9. The van der Waals surface area contributed by atoms with Gasteiger partial charge in [0, 0.05) is 23.9 Å². The number of halogens is 1. The molecule has 6 heteroatoms. The molecule has 4 aliphatic carbocycles. The third-order valence-electron chi connectivity index (χ3n) is 13.5. The van der Waals surface area contributed by atoms with Crippen LogP contribution in [0.5, 0.6) is 0 Å². The summed E-state index contributed by atoms with van der Waals surface area (Å²) in [5.74, 6) is 4.43. The summed E-state index contributed by atoms with van der Waals surface area (Å²) in [6.45, 7) is 11.3. The van der Waals surface area contributed by atoms with E-state index in [9.17, 15) is 4.79 Å². The van der Waals surface area contributed by atoms with Crippen molar-refractivity contribution in [2.45, 2.75) is 116 Å². The lowest BCUT2D eigenvalue weighted by Crippen LogP contribution is -2.55. The first-order valence-electron chi connectivity index (χ1n) is 16.6. The molecule has 0 unspecified atom stereocenters. The zero-order valence-corrected chi connectivity index (χ0v) is 26.3. The number of nitrogens with one attached hydrogen (secondary N) is 1. The van der Waals surface area contributed by atoms with Crippen LogP contribution in [0.1, 0.15) is 97.5 Å². The number of fused-ring (bicyclic) bond motifs is 7. The van der Waals surface area contributed by atoms with Gasteiger partial charge in [0.15, 0.2) is 5.79 Å². The van der Waals surface area contributed by atoms with Gasteiger partial charge in [0.2, 0.25) is 0 Å². The molecule has 0 radical (unpaired) electrons. The lowest BCUT2D eigenvalue weighted by Gasteiger charge is -2.61. The van der Waals surface area contributed by atoms with Crippen molar-refractivity contribution in [3.63, 3.8) is 0 Å². The zero-order chi connectivity index (χ0) is 28.6. The minimum atomic E-state index is -0.324. The van der Waals surface area contributed by atoms with Gasteiger partial charge in [-0.2, -0.15) is 0 Å². The summed E-state index contributed by atoms with van der Waals surface area (Å²) in [5.41, 5.74) is 1.71. The van der Waals surface area contributed by atoms with Gasteiger partial charge in [-0.3, -0.25) is 0 Å². The van der Waals surface area contributed by atoms with E-state index in [1.54, 1.807) is 0 Å². The Balaban J connectivity index is 0.985. The highest BCUT2D eigenvalue weighted by atomic mass is 35.5. The number of amides is 1. The number of carbonyl (C=O) groups excluding carboxylic acids is 1. The summed E-state index contributed by atoms with van der Waals surface area (Å²) in [5, 5.41) is 3.62.